The molecule has 4 nitrogen and oxygen atoms in total. The summed E-state index contributed by atoms with van der Waals surface area (Å²) in [6.07, 6.45) is 3.56. The van der Waals surface area contributed by atoms with Gasteiger partial charge in [0.25, 0.3) is 0 Å². The number of amides is 1. The lowest BCUT2D eigenvalue weighted by Gasteiger charge is -2.40. The van der Waals surface area contributed by atoms with Gasteiger partial charge in [-0.25, -0.2) is 0 Å². The molecule has 1 fully saturated rings. The molecule has 23 heavy (non-hydrogen) atoms. The number of nitrogen functional groups attached to an aromatic ring is 1. The number of benzene rings is 1. The molecule has 0 bridgehead atoms. The van der Waals surface area contributed by atoms with E-state index in [0.29, 0.717) is 25.3 Å². The van der Waals surface area contributed by atoms with Gasteiger partial charge in [0.1, 0.15) is 0 Å². The zero-order valence-corrected chi connectivity index (χ0v) is 14.6. The third-order valence-electron chi connectivity index (χ3n) is 4.54. The molecule has 1 heterocycles. The predicted octanol–water partition coefficient (Wildman–Crippen LogP) is 3.16. The van der Waals surface area contributed by atoms with E-state index in [-0.39, 0.29) is 17.4 Å². The van der Waals surface area contributed by atoms with E-state index in [1.807, 2.05) is 24.3 Å². The summed E-state index contributed by atoms with van der Waals surface area (Å²) in [5.74, 6) is 0.487. The topological polar surface area (TPSA) is 64.3 Å². The maximum atomic E-state index is 12.1. The molecule has 1 amide bonds. The highest BCUT2D eigenvalue weighted by Gasteiger charge is 2.35. The molecule has 0 spiro atoms. The SMILES string of the molecule is CC(C)(C)C1OCCCC1CNC(=O)CCc1ccccc1N. The average Bonchev–Trinajstić information content (AvgIpc) is 2.51. The first-order valence-corrected chi connectivity index (χ1v) is 8.59. The molecule has 3 N–H and O–H groups in total. The number of aryl methyl sites for hydroxylation is 1. The summed E-state index contributed by atoms with van der Waals surface area (Å²) in [6, 6.07) is 7.72. The summed E-state index contributed by atoms with van der Waals surface area (Å²) in [6.45, 7) is 8.15. The van der Waals surface area contributed by atoms with Crippen LogP contribution in [0, 0.1) is 11.3 Å². The number of nitrogens with two attached hydrogens (primary N) is 1. The molecule has 1 aliphatic rings. The zero-order chi connectivity index (χ0) is 16.9. The normalized spacial score (nSPS) is 21.9. The lowest BCUT2D eigenvalue weighted by molar-refractivity contribution is -0.123. The number of hydrogen-bond acceptors (Lipinski definition) is 3. The number of hydrogen-bond donors (Lipinski definition) is 2. The van der Waals surface area contributed by atoms with Crippen LogP contribution in [0.3, 0.4) is 0 Å². The highest BCUT2D eigenvalue weighted by atomic mass is 16.5. The van der Waals surface area contributed by atoms with Crippen molar-refractivity contribution in [2.75, 3.05) is 18.9 Å². The van der Waals surface area contributed by atoms with Crippen LogP contribution < -0.4 is 11.1 Å². The Bertz CT molecular complexity index is 522. The van der Waals surface area contributed by atoms with Crippen LogP contribution in [0.5, 0.6) is 0 Å². The Hall–Kier alpha value is -1.55. The lowest BCUT2D eigenvalue weighted by Crippen LogP contribution is -2.45. The molecule has 1 aliphatic heterocycles. The van der Waals surface area contributed by atoms with Gasteiger partial charge in [-0.2, -0.15) is 0 Å². The van der Waals surface area contributed by atoms with Crippen LogP contribution in [0.4, 0.5) is 5.69 Å². The second kappa shape index (κ2) is 7.82. The Morgan fingerprint density at radius 1 is 1.35 bits per heavy atom. The molecule has 2 rings (SSSR count). The number of ether oxygens (including phenoxy) is 1. The Morgan fingerprint density at radius 2 is 2.09 bits per heavy atom. The van der Waals surface area contributed by atoms with Gasteiger partial charge in [-0.15, -0.1) is 0 Å². The Morgan fingerprint density at radius 3 is 2.78 bits per heavy atom. The quantitative estimate of drug-likeness (QED) is 0.820. The Balaban J connectivity index is 1.80. The van der Waals surface area contributed by atoms with Crippen LogP contribution >= 0.6 is 0 Å². The number of rotatable bonds is 5. The van der Waals surface area contributed by atoms with Gasteiger partial charge in [-0.3, -0.25) is 4.79 Å². The molecule has 0 saturated carbocycles. The van der Waals surface area contributed by atoms with Crippen molar-refractivity contribution in [3.63, 3.8) is 0 Å². The number of carbonyl (C=O) groups excluding carboxylic acids is 1. The maximum Gasteiger partial charge on any atom is 0.220 e. The van der Waals surface area contributed by atoms with Gasteiger partial charge in [0.2, 0.25) is 5.91 Å². The third kappa shape index (κ3) is 5.24. The third-order valence-corrected chi connectivity index (χ3v) is 4.54. The van der Waals surface area contributed by atoms with Gasteiger partial charge in [0.15, 0.2) is 0 Å². The first-order valence-electron chi connectivity index (χ1n) is 8.59. The van der Waals surface area contributed by atoms with Gasteiger partial charge in [0.05, 0.1) is 6.10 Å². The van der Waals surface area contributed by atoms with Crippen molar-refractivity contribution in [2.45, 2.75) is 52.6 Å². The predicted molar refractivity (Wildman–Crippen MR) is 94.1 cm³/mol. The van der Waals surface area contributed by atoms with Crippen molar-refractivity contribution < 1.29 is 9.53 Å². The van der Waals surface area contributed by atoms with Crippen LogP contribution in [0.15, 0.2) is 24.3 Å². The van der Waals surface area contributed by atoms with Crippen LogP contribution in [0.25, 0.3) is 0 Å². The van der Waals surface area contributed by atoms with Crippen molar-refractivity contribution in [3.05, 3.63) is 29.8 Å². The fraction of sp³-hybridized carbons (Fsp3) is 0.632. The summed E-state index contributed by atoms with van der Waals surface area (Å²) >= 11 is 0. The summed E-state index contributed by atoms with van der Waals surface area (Å²) < 4.78 is 5.96. The first kappa shape index (κ1) is 17.8. The highest BCUT2D eigenvalue weighted by Crippen LogP contribution is 2.33. The minimum absolute atomic E-state index is 0.0893. The fourth-order valence-electron chi connectivity index (χ4n) is 3.35. The maximum absolute atomic E-state index is 12.1. The molecule has 1 aromatic rings. The Labute approximate surface area is 139 Å². The summed E-state index contributed by atoms with van der Waals surface area (Å²) in [5, 5.41) is 3.08. The Kier molecular flexibility index (Phi) is 6.05. The lowest BCUT2D eigenvalue weighted by atomic mass is 9.78. The van der Waals surface area contributed by atoms with Crippen LogP contribution in [0.1, 0.15) is 45.6 Å². The number of anilines is 1. The smallest absolute Gasteiger partial charge is 0.220 e. The van der Waals surface area contributed by atoms with Gasteiger partial charge in [0, 0.05) is 31.2 Å². The van der Waals surface area contributed by atoms with E-state index in [4.69, 9.17) is 10.5 Å². The van der Waals surface area contributed by atoms with Gasteiger partial charge in [-0.1, -0.05) is 39.0 Å². The molecule has 0 aliphatic carbocycles. The molecular weight excluding hydrogens is 288 g/mol. The molecule has 1 aromatic carbocycles. The van der Waals surface area contributed by atoms with Crippen LogP contribution in [-0.2, 0) is 16.0 Å². The largest absolute Gasteiger partial charge is 0.399 e. The van der Waals surface area contributed by atoms with E-state index in [9.17, 15) is 4.79 Å². The van der Waals surface area contributed by atoms with E-state index in [1.54, 1.807) is 0 Å². The van der Waals surface area contributed by atoms with Crippen molar-refractivity contribution in [1.82, 2.24) is 5.32 Å². The van der Waals surface area contributed by atoms with E-state index < -0.39 is 0 Å². The molecular formula is C19H30N2O2. The van der Waals surface area contributed by atoms with Gasteiger partial charge >= 0.3 is 0 Å². The summed E-state index contributed by atoms with van der Waals surface area (Å²) in [4.78, 5) is 12.1. The van der Waals surface area contributed by atoms with E-state index >= 15 is 0 Å². The number of para-hydroxylation sites is 1. The molecule has 2 unspecified atom stereocenters. The molecule has 4 heteroatoms. The summed E-state index contributed by atoms with van der Waals surface area (Å²) in [7, 11) is 0. The van der Waals surface area contributed by atoms with E-state index in [0.717, 1.165) is 30.7 Å². The standard InChI is InChI=1S/C19H30N2O2/c1-19(2,3)18-15(8-6-12-23-18)13-21-17(22)11-10-14-7-4-5-9-16(14)20/h4-5,7,9,15,18H,6,8,10-13,20H2,1-3H3,(H,21,22). The molecule has 0 radical (unpaired) electrons. The van der Waals surface area contributed by atoms with Gasteiger partial charge < -0.3 is 15.8 Å². The fourth-order valence-corrected chi connectivity index (χ4v) is 3.35. The second-order valence-electron chi connectivity index (χ2n) is 7.56. The zero-order valence-electron chi connectivity index (χ0n) is 14.6. The van der Waals surface area contributed by atoms with E-state index in [1.165, 1.54) is 0 Å². The first-order chi connectivity index (χ1) is 10.9. The van der Waals surface area contributed by atoms with Crippen molar-refractivity contribution in [1.29, 1.82) is 0 Å². The molecule has 1 saturated heterocycles. The average molecular weight is 318 g/mol. The summed E-state index contributed by atoms with van der Waals surface area (Å²) in [5.41, 5.74) is 7.82. The highest BCUT2D eigenvalue weighted by molar-refractivity contribution is 5.76. The van der Waals surface area contributed by atoms with Crippen LogP contribution in [0.2, 0.25) is 0 Å². The monoisotopic (exact) mass is 318 g/mol. The number of carbonyl (C=O) groups is 1. The van der Waals surface area contributed by atoms with E-state index in [2.05, 4.69) is 26.1 Å². The number of nitrogens with one attached hydrogen (secondary N) is 1. The minimum atomic E-state index is 0.0893. The van der Waals surface area contributed by atoms with Crippen molar-refractivity contribution >= 4 is 11.6 Å². The van der Waals surface area contributed by atoms with Crippen molar-refractivity contribution in [3.8, 4) is 0 Å². The minimum Gasteiger partial charge on any atom is -0.399 e. The van der Waals surface area contributed by atoms with Crippen molar-refractivity contribution in [2.24, 2.45) is 11.3 Å². The van der Waals surface area contributed by atoms with Gasteiger partial charge in [-0.05, 0) is 36.3 Å². The second-order valence-corrected chi connectivity index (χ2v) is 7.56. The van der Waals surface area contributed by atoms with Crippen LogP contribution in [-0.4, -0.2) is 25.2 Å². The molecule has 2 atom stereocenters. The molecule has 128 valence electrons. The molecule has 0 aromatic heterocycles.